The summed E-state index contributed by atoms with van der Waals surface area (Å²) >= 11 is 0. The highest BCUT2D eigenvalue weighted by atomic mass is 19.1. The van der Waals surface area contributed by atoms with Gasteiger partial charge in [0.2, 0.25) is 5.91 Å². The van der Waals surface area contributed by atoms with Crippen molar-refractivity contribution < 1.29 is 18.7 Å². The maximum atomic E-state index is 13.6. The minimum absolute atomic E-state index is 0.0637. The van der Waals surface area contributed by atoms with E-state index in [1.807, 2.05) is 12.3 Å². The van der Waals surface area contributed by atoms with Crippen molar-refractivity contribution in [3.63, 3.8) is 0 Å². The van der Waals surface area contributed by atoms with Crippen LogP contribution in [0.3, 0.4) is 0 Å². The lowest BCUT2D eigenvalue weighted by Crippen LogP contribution is -2.46. The summed E-state index contributed by atoms with van der Waals surface area (Å²) in [6.07, 6.45) is 7.16. The second-order valence-corrected chi connectivity index (χ2v) is 8.50. The minimum atomic E-state index is -0.525. The standard InChI is InChI=1S/C24H34FN3O3/c1-6-20(26-16-22(29)28-11-7-10-24(28,3)4)9-8-17(2)15-27-23(30)18-12-19(25)14-21(13-18)31-5/h7,11-14,20,26H,2,6,8-10,15-16H2,1,3-5H3,(H,27,30)/t20-/m0/s1. The normalized spacial score (nSPS) is 15.6. The third-order valence-electron chi connectivity index (χ3n) is 5.54. The summed E-state index contributed by atoms with van der Waals surface area (Å²) in [6.45, 7) is 10.8. The Morgan fingerprint density at radius 3 is 2.65 bits per heavy atom. The van der Waals surface area contributed by atoms with Gasteiger partial charge in [0.25, 0.3) is 5.91 Å². The van der Waals surface area contributed by atoms with E-state index in [1.54, 1.807) is 4.90 Å². The number of nitrogens with zero attached hydrogens (tertiary/aromatic N) is 1. The summed E-state index contributed by atoms with van der Waals surface area (Å²) in [5.41, 5.74) is 0.903. The van der Waals surface area contributed by atoms with Gasteiger partial charge in [-0.3, -0.25) is 9.59 Å². The molecule has 6 nitrogen and oxygen atoms in total. The van der Waals surface area contributed by atoms with Gasteiger partial charge in [-0.1, -0.05) is 25.2 Å². The molecule has 1 aromatic carbocycles. The first kappa shape index (κ1) is 24.6. The van der Waals surface area contributed by atoms with E-state index in [0.717, 1.165) is 24.8 Å². The van der Waals surface area contributed by atoms with Crippen molar-refractivity contribution in [3.05, 3.63) is 54.0 Å². The predicted molar refractivity (Wildman–Crippen MR) is 120 cm³/mol. The smallest absolute Gasteiger partial charge is 0.251 e. The summed E-state index contributed by atoms with van der Waals surface area (Å²) in [4.78, 5) is 26.6. The van der Waals surface area contributed by atoms with Crippen LogP contribution in [0, 0.1) is 5.82 Å². The van der Waals surface area contributed by atoms with Crippen LogP contribution in [0.4, 0.5) is 4.39 Å². The van der Waals surface area contributed by atoms with E-state index < -0.39 is 5.82 Å². The number of carbonyl (C=O) groups is 2. The van der Waals surface area contributed by atoms with Gasteiger partial charge in [-0.15, -0.1) is 0 Å². The fourth-order valence-corrected chi connectivity index (χ4v) is 3.52. The molecule has 0 saturated heterocycles. The Morgan fingerprint density at radius 1 is 1.29 bits per heavy atom. The number of carbonyl (C=O) groups excluding carboxylic acids is 2. The number of ether oxygens (including phenoxy) is 1. The summed E-state index contributed by atoms with van der Waals surface area (Å²) in [7, 11) is 1.42. The van der Waals surface area contributed by atoms with Crippen LogP contribution in [0.15, 0.2) is 42.6 Å². The monoisotopic (exact) mass is 431 g/mol. The Bertz CT molecular complexity index is 835. The number of hydrogen-bond donors (Lipinski definition) is 2. The van der Waals surface area contributed by atoms with Gasteiger partial charge in [0.15, 0.2) is 0 Å². The van der Waals surface area contributed by atoms with Crippen LogP contribution in [0.1, 0.15) is 56.8 Å². The fraction of sp³-hybridized carbons (Fsp3) is 0.500. The Morgan fingerprint density at radius 2 is 2.03 bits per heavy atom. The molecule has 0 bridgehead atoms. The maximum absolute atomic E-state index is 13.6. The second-order valence-electron chi connectivity index (χ2n) is 8.50. The van der Waals surface area contributed by atoms with E-state index >= 15 is 0 Å². The van der Waals surface area contributed by atoms with Gasteiger partial charge in [0.1, 0.15) is 11.6 Å². The number of nitrogens with one attached hydrogen (secondary N) is 2. The van der Waals surface area contributed by atoms with Crippen LogP contribution in [-0.2, 0) is 4.79 Å². The molecule has 2 N–H and O–H groups in total. The molecule has 0 unspecified atom stereocenters. The lowest BCUT2D eigenvalue weighted by Gasteiger charge is -2.31. The maximum Gasteiger partial charge on any atom is 0.251 e. The molecule has 7 heteroatoms. The molecule has 1 aromatic rings. The molecule has 0 spiro atoms. The number of rotatable bonds is 11. The van der Waals surface area contributed by atoms with Gasteiger partial charge in [-0.25, -0.2) is 4.39 Å². The molecule has 2 amide bonds. The van der Waals surface area contributed by atoms with Crippen LogP contribution < -0.4 is 15.4 Å². The fourth-order valence-electron chi connectivity index (χ4n) is 3.52. The van der Waals surface area contributed by atoms with E-state index in [-0.39, 0.29) is 35.5 Å². The Balaban J connectivity index is 1.75. The summed E-state index contributed by atoms with van der Waals surface area (Å²) in [5, 5.41) is 6.11. The van der Waals surface area contributed by atoms with Crippen molar-refractivity contribution in [1.29, 1.82) is 0 Å². The third kappa shape index (κ3) is 7.21. The molecule has 0 aromatic heterocycles. The zero-order valence-electron chi connectivity index (χ0n) is 19.0. The molecule has 1 aliphatic rings. The summed E-state index contributed by atoms with van der Waals surface area (Å²) in [5.74, 6) is -0.546. The molecule has 1 aliphatic heterocycles. The van der Waals surface area contributed by atoms with Crippen LogP contribution in [0.5, 0.6) is 5.75 Å². The second kappa shape index (κ2) is 11.1. The molecule has 170 valence electrons. The van der Waals surface area contributed by atoms with Crippen molar-refractivity contribution in [3.8, 4) is 5.75 Å². The topological polar surface area (TPSA) is 70.7 Å². The number of benzene rings is 1. The van der Waals surface area contributed by atoms with Crippen molar-refractivity contribution in [2.45, 2.75) is 58.0 Å². The summed E-state index contributed by atoms with van der Waals surface area (Å²) < 4.78 is 18.6. The quantitative estimate of drug-likeness (QED) is 0.523. The average molecular weight is 432 g/mol. The SMILES string of the molecule is C=C(CC[C@H](CC)NCC(=O)N1C=CCC1(C)C)CNC(=O)c1cc(F)cc(OC)c1. The van der Waals surface area contributed by atoms with E-state index in [2.05, 4.69) is 38.0 Å². The van der Waals surface area contributed by atoms with Crippen LogP contribution in [0.2, 0.25) is 0 Å². The van der Waals surface area contributed by atoms with Crippen molar-refractivity contribution in [2.24, 2.45) is 0 Å². The van der Waals surface area contributed by atoms with E-state index in [4.69, 9.17) is 4.74 Å². The van der Waals surface area contributed by atoms with Crippen molar-refractivity contribution >= 4 is 11.8 Å². The van der Waals surface area contributed by atoms with Gasteiger partial charge in [-0.05, 0) is 51.7 Å². The van der Waals surface area contributed by atoms with Crippen LogP contribution in [-0.4, -0.2) is 48.5 Å². The molecule has 0 radical (unpaired) electrons. The van der Waals surface area contributed by atoms with E-state index in [9.17, 15) is 14.0 Å². The number of amides is 2. The third-order valence-corrected chi connectivity index (χ3v) is 5.54. The first-order valence-electron chi connectivity index (χ1n) is 10.7. The molecule has 0 fully saturated rings. The molecular weight excluding hydrogens is 397 g/mol. The predicted octanol–water partition coefficient (Wildman–Crippen LogP) is 3.79. The largest absolute Gasteiger partial charge is 0.497 e. The zero-order valence-corrected chi connectivity index (χ0v) is 19.0. The molecular formula is C24H34FN3O3. The Hall–Kier alpha value is -2.67. The average Bonchev–Trinajstić information content (AvgIpc) is 3.10. The Kier molecular flexibility index (Phi) is 8.80. The van der Waals surface area contributed by atoms with Gasteiger partial charge < -0.3 is 20.3 Å². The lowest BCUT2D eigenvalue weighted by molar-refractivity contribution is -0.131. The Labute approximate surface area is 184 Å². The van der Waals surface area contributed by atoms with Gasteiger partial charge in [0, 0.05) is 36.0 Å². The highest BCUT2D eigenvalue weighted by Gasteiger charge is 2.31. The van der Waals surface area contributed by atoms with Gasteiger partial charge >= 0.3 is 0 Å². The van der Waals surface area contributed by atoms with Crippen molar-refractivity contribution in [1.82, 2.24) is 15.5 Å². The van der Waals surface area contributed by atoms with Crippen LogP contribution >= 0.6 is 0 Å². The number of methoxy groups -OCH3 is 1. The van der Waals surface area contributed by atoms with E-state index in [1.165, 1.54) is 25.3 Å². The minimum Gasteiger partial charge on any atom is -0.497 e. The molecule has 0 saturated carbocycles. The van der Waals surface area contributed by atoms with Crippen LogP contribution in [0.25, 0.3) is 0 Å². The van der Waals surface area contributed by atoms with Crippen molar-refractivity contribution in [2.75, 3.05) is 20.2 Å². The summed E-state index contributed by atoms with van der Waals surface area (Å²) in [6, 6.07) is 4.07. The van der Waals surface area contributed by atoms with Gasteiger partial charge in [-0.2, -0.15) is 0 Å². The lowest BCUT2D eigenvalue weighted by atomic mass is 10.0. The highest BCUT2D eigenvalue weighted by Crippen LogP contribution is 2.25. The van der Waals surface area contributed by atoms with E-state index in [0.29, 0.717) is 18.7 Å². The number of halogens is 1. The molecule has 1 heterocycles. The first-order chi connectivity index (χ1) is 14.7. The zero-order chi connectivity index (χ0) is 23.0. The highest BCUT2D eigenvalue weighted by molar-refractivity contribution is 5.94. The molecule has 2 rings (SSSR count). The molecule has 1 atom stereocenters. The van der Waals surface area contributed by atoms with Gasteiger partial charge in [0.05, 0.1) is 13.7 Å². The molecule has 0 aliphatic carbocycles. The molecule has 31 heavy (non-hydrogen) atoms. The first-order valence-corrected chi connectivity index (χ1v) is 10.7. The number of hydrogen-bond acceptors (Lipinski definition) is 4.